The third-order valence-electron chi connectivity index (χ3n) is 8.17. The molecule has 2 aromatic heterocycles. The Hall–Kier alpha value is -6.03. The fourth-order valence-corrected chi connectivity index (χ4v) is 6.17. The predicted octanol–water partition coefficient (Wildman–Crippen LogP) is 6.82. The second-order valence-corrected chi connectivity index (χ2v) is 12.6. The number of carbonyl (C=O) groups is 3. The van der Waals surface area contributed by atoms with Crippen molar-refractivity contribution >= 4 is 39.7 Å². The van der Waals surface area contributed by atoms with Crippen LogP contribution >= 0.6 is 0 Å². The van der Waals surface area contributed by atoms with E-state index in [1.165, 1.54) is 10.6 Å². The molecule has 6 aromatic rings. The molecule has 0 aliphatic carbocycles. The van der Waals surface area contributed by atoms with Gasteiger partial charge in [0.05, 0.1) is 22.3 Å². The third kappa shape index (κ3) is 5.43. The van der Waals surface area contributed by atoms with E-state index >= 15 is 0 Å². The highest BCUT2D eigenvalue weighted by molar-refractivity contribution is 6.07. The van der Waals surface area contributed by atoms with Crippen LogP contribution in [-0.4, -0.2) is 43.3 Å². The first-order chi connectivity index (χ1) is 22.5. The maximum atomic E-state index is 13.0. The number of carbonyl (C=O) groups excluding carboxylic acids is 3. The van der Waals surface area contributed by atoms with Gasteiger partial charge < -0.3 is 30.6 Å². The molecule has 0 atom stereocenters. The number of ether oxygens (including phenoxy) is 1. The number of aromatic amines is 1. The first kappa shape index (κ1) is 29.7. The smallest absolute Gasteiger partial charge is 0.419 e. The van der Waals surface area contributed by atoms with Crippen LogP contribution in [0.3, 0.4) is 0 Å². The van der Waals surface area contributed by atoms with Gasteiger partial charge in [-0.2, -0.15) is 0 Å². The van der Waals surface area contributed by atoms with Gasteiger partial charge in [-0.25, -0.2) is 9.36 Å². The van der Waals surface area contributed by atoms with Crippen LogP contribution in [0.1, 0.15) is 52.6 Å². The number of hydrogen-bond acceptors (Lipinski definition) is 6. The molecular weight excluding hydrogens is 596 g/mol. The van der Waals surface area contributed by atoms with Crippen molar-refractivity contribution in [3.05, 3.63) is 107 Å². The van der Waals surface area contributed by atoms with Crippen LogP contribution in [0, 0.1) is 0 Å². The van der Waals surface area contributed by atoms with E-state index in [2.05, 4.69) is 15.6 Å². The molecule has 0 saturated heterocycles. The van der Waals surface area contributed by atoms with Crippen LogP contribution in [0.5, 0.6) is 11.5 Å². The van der Waals surface area contributed by atoms with Gasteiger partial charge in [-0.15, -0.1) is 0 Å². The lowest BCUT2D eigenvalue weighted by atomic mass is 10.0. The maximum absolute atomic E-state index is 13.0. The number of H-pyrrole nitrogens is 1. The molecule has 4 aromatic carbocycles. The van der Waals surface area contributed by atoms with Gasteiger partial charge in [-0.05, 0) is 80.4 Å². The van der Waals surface area contributed by atoms with E-state index in [9.17, 15) is 24.6 Å². The second-order valence-electron chi connectivity index (χ2n) is 12.6. The van der Waals surface area contributed by atoms with Crippen LogP contribution in [0.2, 0.25) is 0 Å². The van der Waals surface area contributed by atoms with Gasteiger partial charge in [0, 0.05) is 46.2 Å². The highest BCUT2D eigenvalue weighted by atomic mass is 16.6. The van der Waals surface area contributed by atoms with Gasteiger partial charge in [-0.1, -0.05) is 36.4 Å². The fraction of sp³-hybridized carbons (Fsp3) is 0.162. The summed E-state index contributed by atoms with van der Waals surface area (Å²) in [7, 11) is 0. The summed E-state index contributed by atoms with van der Waals surface area (Å²) < 4.78 is 7.05. The Labute approximate surface area is 269 Å². The number of aromatic nitrogens is 2. The molecule has 0 saturated carbocycles. The average Bonchev–Trinajstić information content (AvgIpc) is 3.80. The Morgan fingerprint density at radius 2 is 1.34 bits per heavy atom. The van der Waals surface area contributed by atoms with Crippen molar-refractivity contribution in [2.24, 2.45) is 0 Å². The Kier molecular flexibility index (Phi) is 7.00. The Balaban J connectivity index is 0.000000156. The molecule has 0 unspecified atom stereocenters. The van der Waals surface area contributed by atoms with Crippen LogP contribution in [-0.2, 0) is 17.8 Å². The number of phenolic OH excluding ortho intramolecular Hbond substituents is 2. The van der Waals surface area contributed by atoms with Gasteiger partial charge in [0.25, 0.3) is 11.8 Å². The fourth-order valence-electron chi connectivity index (χ4n) is 6.17. The highest BCUT2D eigenvalue weighted by Crippen LogP contribution is 2.36. The summed E-state index contributed by atoms with van der Waals surface area (Å²) in [6.45, 7) is 6.46. The molecule has 2 aliphatic rings. The maximum Gasteiger partial charge on any atom is 0.419 e. The van der Waals surface area contributed by atoms with Gasteiger partial charge in [0.1, 0.15) is 17.1 Å². The number of nitrogens with one attached hydrogen (secondary N) is 3. The van der Waals surface area contributed by atoms with Crippen molar-refractivity contribution in [3.8, 4) is 34.0 Å². The van der Waals surface area contributed by atoms with E-state index in [0.29, 0.717) is 40.8 Å². The van der Waals surface area contributed by atoms with Crippen molar-refractivity contribution in [1.82, 2.24) is 20.2 Å². The predicted molar refractivity (Wildman–Crippen MR) is 178 cm³/mol. The molecule has 0 spiro atoms. The molecule has 47 heavy (non-hydrogen) atoms. The summed E-state index contributed by atoms with van der Waals surface area (Å²) in [6.07, 6.45) is -0.533. The molecule has 0 fully saturated rings. The zero-order chi connectivity index (χ0) is 33.0. The van der Waals surface area contributed by atoms with E-state index in [-0.39, 0.29) is 23.3 Å². The number of amides is 2. The zero-order valence-electron chi connectivity index (χ0n) is 26.0. The molecule has 0 bridgehead atoms. The third-order valence-corrected chi connectivity index (χ3v) is 8.17. The zero-order valence-corrected chi connectivity index (χ0v) is 26.0. The first-order valence-electron chi connectivity index (χ1n) is 15.2. The van der Waals surface area contributed by atoms with E-state index in [1.54, 1.807) is 51.1 Å². The van der Waals surface area contributed by atoms with E-state index < -0.39 is 11.7 Å². The van der Waals surface area contributed by atoms with E-state index in [4.69, 9.17) is 4.74 Å². The molecule has 236 valence electrons. The molecule has 8 rings (SSSR count). The Bertz CT molecular complexity index is 2260. The van der Waals surface area contributed by atoms with Gasteiger partial charge in [-0.3, -0.25) is 9.59 Å². The van der Waals surface area contributed by atoms with Gasteiger partial charge in [0.2, 0.25) is 0 Å². The molecular formula is C37H32N4O6. The molecule has 2 amide bonds. The molecule has 0 radical (unpaired) electrons. The lowest BCUT2D eigenvalue weighted by Gasteiger charge is -2.21. The Morgan fingerprint density at radius 1 is 0.745 bits per heavy atom. The monoisotopic (exact) mass is 628 g/mol. The summed E-state index contributed by atoms with van der Waals surface area (Å²) in [4.78, 5) is 40.6. The Morgan fingerprint density at radius 3 is 2.00 bits per heavy atom. The van der Waals surface area contributed by atoms with Crippen molar-refractivity contribution in [3.63, 3.8) is 0 Å². The topological polar surface area (TPSA) is 146 Å². The highest BCUT2D eigenvalue weighted by Gasteiger charge is 2.28. The van der Waals surface area contributed by atoms with Crippen LogP contribution in [0.15, 0.2) is 84.9 Å². The number of benzene rings is 4. The molecule has 4 heterocycles. The lowest BCUT2D eigenvalue weighted by molar-refractivity contribution is 0.0546. The molecule has 5 N–H and O–H groups in total. The normalized spacial score (nSPS) is 13.5. The lowest BCUT2D eigenvalue weighted by Crippen LogP contribution is -2.27. The number of hydrogen-bond donors (Lipinski definition) is 5. The van der Waals surface area contributed by atoms with Crippen LogP contribution in [0.4, 0.5) is 4.79 Å². The van der Waals surface area contributed by atoms with Crippen LogP contribution in [0.25, 0.3) is 44.3 Å². The average molecular weight is 629 g/mol. The number of aromatic hydroxyl groups is 2. The standard InChI is InChI=1S/C21H20N2O4.C16H12N2O2/c1-21(2,3)27-20(26)23-16-8-7-14(24)9-13(16)10-17(23)15-6-4-5-12-11-22-19(25)18(12)15;19-11-4-5-13-10(6-11)7-14(18-13)12-3-1-2-9-8-17-16(20)15(9)12/h4-10,24H,11H2,1-3H3,(H,22,25);1-7,18-19H,8H2,(H,17,20). The van der Waals surface area contributed by atoms with Crippen molar-refractivity contribution in [1.29, 1.82) is 0 Å². The minimum atomic E-state index is -0.669. The molecule has 10 nitrogen and oxygen atoms in total. The van der Waals surface area contributed by atoms with Crippen molar-refractivity contribution < 1.29 is 29.3 Å². The molecule has 10 heteroatoms. The SMILES string of the molecule is CC(C)(C)OC(=O)n1c(-c2cccc3c2C(=O)NC3)cc2cc(O)ccc21.O=C1NCc2cccc(-c3cc4cc(O)ccc4[nH]3)c21. The summed E-state index contributed by atoms with van der Waals surface area (Å²) in [5, 5.41) is 26.6. The van der Waals surface area contributed by atoms with Gasteiger partial charge >= 0.3 is 6.09 Å². The minimum absolute atomic E-state index is 0.0305. The van der Waals surface area contributed by atoms with E-state index in [0.717, 1.165) is 38.9 Å². The number of rotatable bonds is 2. The number of phenols is 2. The number of fused-ring (bicyclic) bond motifs is 4. The van der Waals surface area contributed by atoms with Crippen molar-refractivity contribution in [2.45, 2.75) is 39.5 Å². The quantitative estimate of drug-likeness (QED) is 0.142. The second kappa shape index (κ2) is 11.1. The van der Waals surface area contributed by atoms with Crippen LogP contribution < -0.4 is 10.6 Å². The molecule has 2 aliphatic heterocycles. The van der Waals surface area contributed by atoms with E-state index in [1.807, 2.05) is 48.5 Å². The van der Waals surface area contributed by atoms with Gasteiger partial charge in [0.15, 0.2) is 0 Å². The first-order valence-corrected chi connectivity index (χ1v) is 15.2. The largest absolute Gasteiger partial charge is 0.508 e. The summed E-state index contributed by atoms with van der Waals surface area (Å²) in [5.41, 5.74) is 7.09. The van der Waals surface area contributed by atoms with Crippen molar-refractivity contribution in [2.75, 3.05) is 0 Å². The minimum Gasteiger partial charge on any atom is -0.508 e. The summed E-state index contributed by atoms with van der Waals surface area (Å²) in [5.74, 6) is 0.145. The number of nitrogens with zero attached hydrogens (tertiary/aromatic N) is 1. The summed E-state index contributed by atoms with van der Waals surface area (Å²) in [6, 6.07) is 25.1. The summed E-state index contributed by atoms with van der Waals surface area (Å²) >= 11 is 0.